The number of hydrogen-bond donors (Lipinski definition) is 1. The quantitative estimate of drug-likeness (QED) is 0.825. The second kappa shape index (κ2) is 8.01. The number of amides is 1. The molecule has 0 heterocycles. The van der Waals surface area contributed by atoms with Crippen molar-refractivity contribution in [2.75, 3.05) is 19.5 Å². The van der Waals surface area contributed by atoms with E-state index in [2.05, 4.69) is 10.1 Å². The van der Waals surface area contributed by atoms with E-state index in [-0.39, 0.29) is 5.91 Å². The number of rotatable bonds is 6. The summed E-state index contributed by atoms with van der Waals surface area (Å²) < 4.78 is 15.1. The molecule has 1 atom stereocenters. The Kier molecular flexibility index (Phi) is 5.78. The lowest BCUT2D eigenvalue weighted by molar-refractivity contribution is -0.147. The molecule has 1 amide bonds. The Labute approximate surface area is 140 Å². The molecule has 126 valence electrons. The molecule has 0 saturated heterocycles. The third-order valence-corrected chi connectivity index (χ3v) is 3.31. The first-order valence-electron chi connectivity index (χ1n) is 7.33. The largest absolute Gasteiger partial charge is 0.497 e. The molecule has 1 N–H and O–H groups in total. The van der Waals surface area contributed by atoms with Gasteiger partial charge in [-0.15, -0.1) is 0 Å². The van der Waals surface area contributed by atoms with Crippen LogP contribution in [0, 0.1) is 0 Å². The molecule has 0 unspecified atom stereocenters. The van der Waals surface area contributed by atoms with Crippen LogP contribution in [0.4, 0.5) is 5.69 Å². The summed E-state index contributed by atoms with van der Waals surface area (Å²) in [5, 5.41) is 2.79. The Balaban J connectivity index is 1.98. The summed E-state index contributed by atoms with van der Waals surface area (Å²) in [6, 6.07) is 13.5. The molecule has 2 aromatic carbocycles. The Hall–Kier alpha value is -3.02. The van der Waals surface area contributed by atoms with Crippen molar-refractivity contribution < 1.29 is 23.8 Å². The third-order valence-electron chi connectivity index (χ3n) is 3.31. The van der Waals surface area contributed by atoms with Crippen molar-refractivity contribution in [3.63, 3.8) is 0 Å². The molecule has 0 spiro atoms. The molecule has 0 aliphatic heterocycles. The molecule has 0 radical (unpaired) electrons. The fourth-order valence-corrected chi connectivity index (χ4v) is 1.98. The highest BCUT2D eigenvalue weighted by Crippen LogP contribution is 2.18. The summed E-state index contributed by atoms with van der Waals surface area (Å²) in [5.41, 5.74) is 1.14. The van der Waals surface area contributed by atoms with E-state index in [1.165, 1.54) is 7.11 Å². The monoisotopic (exact) mass is 329 g/mol. The first kappa shape index (κ1) is 17.3. The van der Waals surface area contributed by atoms with E-state index in [9.17, 15) is 9.59 Å². The van der Waals surface area contributed by atoms with E-state index in [1.807, 2.05) is 0 Å². The normalized spacial score (nSPS) is 11.3. The van der Waals surface area contributed by atoms with Crippen LogP contribution in [0.2, 0.25) is 0 Å². The topological polar surface area (TPSA) is 73.9 Å². The van der Waals surface area contributed by atoms with Crippen LogP contribution in [0.1, 0.15) is 17.3 Å². The van der Waals surface area contributed by atoms with Crippen LogP contribution < -0.4 is 14.8 Å². The molecule has 6 heteroatoms. The average Bonchev–Trinajstić information content (AvgIpc) is 2.62. The molecule has 0 fully saturated rings. The molecule has 0 bridgehead atoms. The van der Waals surface area contributed by atoms with Gasteiger partial charge in [-0.2, -0.15) is 0 Å². The zero-order valence-electron chi connectivity index (χ0n) is 13.7. The van der Waals surface area contributed by atoms with Crippen molar-refractivity contribution in [2.45, 2.75) is 13.0 Å². The Morgan fingerprint density at radius 2 is 1.50 bits per heavy atom. The SMILES string of the molecule is COC(=O)[C@@H](C)Oc1ccc(C(=O)Nc2ccc(OC)cc2)cc1. The van der Waals surface area contributed by atoms with Gasteiger partial charge in [-0.1, -0.05) is 0 Å². The maximum atomic E-state index is 12.2. The first-order chi connectivity index (χ1) is 11.5. The lowest BCUT2D eigenvalue weighted by Crippen LogP contribution is -2.24. The Morgan fingerprint density at radius 3 is 2.04 bits per heavy atom. The smallest absolute Gasteiger partial charge is 0.346 e. The van der Waals surface area contributed by atoms with Gasteiger partial charge in [0.2, 0.25) is 0 Å². The molecule has 0 aliphatic rings. The van der Waals surface area contributed by atoms with E-state index in [0.29, 0.717) is 22.7 Å². The Morgan fingerprint density at radius 1 is 0.917 bits per heavy atom. The van der Waals surface area contributed by atoms with Gasteiger partial charge in [-0.05, 0) is 55.5 Å². The number of anilines is 1. The molecule has 2 aromatic rings. The number of carbonyl (C=O) groups excluding carboxylic acids is 2. The number of methoxy groups -OCH3 is 2. The molecule has 24 heavy (non-hydrogen) atoms. The summed E-state index contributed by atoms with van der Waals surface area (Å²) in [6.07, 6.45) is -0.714. The van der Waals surface area contributed by atoms with Crippen LogP contribution >= 0.6 is 0 Å². The van der Waals surface area contributed by atoms with Crippen molar-refractivity contribution >= 4 is 17.6 Å². The molecule has 0 aliphatic carbocycles. The number of hydrogen-bond acceptors (Lipinski definition) is 5. The fourth-order valence-electron chi connectivity index (χ4n) is 1.98. The number of carbonyl (C=O) groups is 2. The minimum atomic E-state index is -0.714. The van der Waals surface area contributed by atoms with Crippen molar-refractivity contribution in [1.82, 2.24) is 0 Å². The average molecular weight is 329 g/mol. The standard InChI is InChI=1S/C18H19NO5/c1-12(18(21)23-3)24-16-8-4-13(5-9-16)17(20)19-14-6-10-15(22-2)11-7-14/h4-12H,1-3H3,(H,19,20)/t12-/m1/s1. The van der Waals surface area contributed by atoms with Crippen molar-refractivity contribution in [1.29, 1.82) is 0 Å². The van der Waals surface area contributed by atoms with Gasteiger partial charge < -0.3 is 19.5 Å². The minimum absolute atomic E-state index is 0.243. The summed E-state index contributed by atoms with van der Waals surface area (Å²) in [5.74, 6) is 0.493. The number of nitrogens with one attached hydrogen (secondary N) is 1. The van der Waals surface area contributed by atoms with Gasteiger partial charge in [0.15, 0.2) is 6.10 Å². The summed E-state index contributed by atoms with van der Waals surface area (Å²) in [4.78, 5) is 23.5. The van der Waals surface area contributed by atoms with Crippen molar-refractivity contribution in [2.24, 2.45) is 0 Å². The number of ether oxygens (including phenoxy) is 3. The van der Waals surface area contributed by atoms with Crippen LogP contribution in [0.15, 0.2) is 48.5 Å². The maximum Gasteiger partial charge on any atom is 0.346 e. The van der Waals surface area contributed by atoms with Gasteiger partial charge in [-0.3, -0.25) is 4.79 Å². The molecule has 0 saturated carbocycles. The van der Waals surface area contributed by atoms with E-state index in [4.69, 9.17) is 9.47 Å². The Bertz CT molecular complexity index is 694. The van der Waals surface area contributed by atoms with Gasteiger partial charge in [0.05, 0.1) is 14.2 Å². The number of benzene rings is 2. The second-order valence-corrected chi connectivity index (χ2v) is 4.99. The zero-order chi connectivity index (χ0) is 17.5. The number of esters is 1. The zero-order valence-corrected chi connectivity index (χ0v) is 13.7. The first-order valence-corrected chi connectivity index (χ1v) is 7.33. The van der Waals surface area contributed by atoms with Crippen LogP contribution in [0.3, 0.4) is 0 Å². The summed E-state index contributed by atoms with van der Waals surface area (Å²) >= 11 is 0. The van der Waals surface area contributed by atoms with Gasteiger partial charge in [0, 0.05) is 11.3 Å². The van der Waals surface area contributed by atoms with Crippen LogP contribution in [-0.2, 0) is 9.53 Å². The predicted molar refractivity (Wildman–Crippen MR) is 89.5 cm³/mol. The highest BCUT2D eigenvalue weighted by Gasteiger charge is 2.15. The second-order valence-electron chi connectivity index (χ2n) is 4.99. The highest BCUT2D eigenvalue weighted by atomic mass is 16.6. The molecular formula is C18H19NO5. The summed E-state index contributed by atoms with van der Waals surface area (Å²) in [7, 11) is 2.88. The van der Waals surface area contributed by atoms with E-state index in [1.54, 1.807) is 62.6 Å². The molecule has 6 nitrogen and oxygen atoms in total. The highest BCUT2D eigenvalue weighted by molar-refractivity contribution is 6.04. The summed E-state index contributed by atoms with van der Waals surface area (Å²) in [6.45, 7) is 1.59. The minimum Gasteiger partial charge on any atom is -0.497 e. The van der Waals surface area contributed by atoms with Crippen LogP contribution in [0.5, 0.6) is 11.5 Å². The third kappa shape index (κ3) is 4.49. The lowest BCUT2D eigenvalue weighted by atomic mass is 10.2. The molecule has 0 aromatic heterocycles. The van der Waals surface area contributed by atoms with Crippen LogP contribution in [0.25, 0.3) is 0 Å². The van der Waals surface area contributed by atoms with E-state index in [0.717, 1.165) is 0 Å². The molecule has 2 rings (SSSR count). The van der Waals surface area contributed by atoms with Gasteiger partial charge >= 0.3 is 5.97 Å². The van der Waals surface area contributed by atoms with Gasteiger partial charge in [0.25, 0.3) is 5.91 Å². The van der Waals surface area contributed by atoms with E-state index >= 15 is 0 Å². The fraction of sp³-hybridized carbons (Fsp3) is 0.222. The van der Waals surface area contributed by atoms with E-state index < -0.39 is 12.1 Å². The molecular weight excluding hydrogens is 310 g/mol. The lowest BCUT2D eigenvalue weighted by Gasteiger charge is -2.12. The van der Waals surface area contributed by atoms with Gasteiger partial charge in [0.1, 0.15) is 11.5 Å². The van der Waals surface area contributed by atoms with Gasteiger partial charge in [-0.25, -0.2) is 4.79 Å². The van der Waals surface area contributed by atoms with Crippen molar-refractivity contribution in [3.05, 3.63) is 54.1 Å². The predicted octanol–water partition coefficient (Wildman–Crippen LogP) is 2.89. The van der Waals surface area contributed by atoms with Crippen LogP contribution in [-0.4, -0.2) is 32.2 Å². The van der Waals surface area contributed by atoms with Crippen molar-refractivity contribution in [3.8, 4) is 11.5 Å². The maximum absolute atomic E-state index is 12.2.